The molecule has 1 fully saturated rings. The van der Waals surface area contributed by atoms with Gasteiger partial charge in [0.05, 0.1) is 36.6 Å². The molecule has 4 N–H and O–H groups in total. The average molecular weight is 374 g/mol. The van der Waals surface area contributed by atoms with E-state index in [1.54, 1.807) is 24.0 Å². The molecule has 2 aliphatic heterocycles. The molecule has 0 unspecified atom stereocenters. The summed E-state index contributed by atoms with van der Waals surface area (Å²) in [5.41, 5.74) is 6.12. The lowest BCUT2D eigenvalue weighted by molar-refractivity contribution is -0.589. The second-order valence-corrected chi connectivity index (χ2v) is 6.49. The molecule has 2 aliphatic rings. The van der Waals surface area contributed by atoms with E-state index in [0.717, 1.165) is 36.5 Å². The molecule has 1 amide bonds. The highest BCUT2D eigenvalue weighted by Gasteiger charge is 2.16. The summed E-state index contributed by atoms with van der Waals surface area (Å²) < 4.78 is 5.14. The normalized spacial score (nSPS) is 15.4. The third kappa shape index (κ3) is 4.50. The van der Waals surface area contributed by atoms with Gasteiger partial charge in [0.15, 0.2) is 0 Å². The van der Waals surface area contributed by atoms with Crippen LogP contribution in [0.3, 0.4) is 0 Å². The van der Waals surface area contributed by atoms with E-state index in [4.69, 9.17) is 4.74 Å². The minimum absolute atomic E-state index is 0.368. The molecule has 28 heavy (non-hydrogen) atoms. The second kappa shape index (κ2) is 8.59. The number of amides is 1. The Morgan fingerprint density at radius 2 is 2.11 bits per heavy atom. The van der Waals surface area contributed by atoms with E-state index >= 15 is 0 Å². The summed E-state index contributed by atoms with van der Waals surface area (Å²) in [4.78, 5) is 16.3. The zero-order valence-electron chi connectivity index (χ0n) is 15.2. The van der Waals surface area contributed by atoms with Crippen molar-refractivity contribution in [3.63, 3.8) is 0 Å². The molecule has 1 saturated heterocycles. The predicted molar refractivity (Wildman–Crippen MR) is 106 cm³/mol. The molecule has 1 aromatic heterocycles. The van der Waals surface area contributed by atoms with Crippen LogP contribution in [0.15, 0.2) is 54.0 Å². The Kier molecular flexibility index (Phi) is 5.54. The first-order chi connectivity index (χ1) is 13.8. The molecule has 7 heteroatoms. The van der Waals surface area contributed by atoms with Crippen LogP contribution in [0, 0.1) is 11.8 Å². The molecular weight excluding hydrogens is 354 g/mol. The minimum atomic E-state index is -0.368. The minimum Gasteiger partial charge on any atom is -0.378 e. The molecule has 3 heterocycles. The van der Waals surface area contributed by atoms with Crippen molar-refractivity contribution in [3.8, 4) is 11.8 Å². The van der Waals surface area contributed by atoms with Crippen LogP contribution in [-0.4, -0.2) is 36.4 Å². The Balaban J connectivity index is 1.37. The largest absolute Gasteiger partial charge is 0.378 e. The summed E-state index contributed by atoms with van der Waals surface area (Å²) in [5.74, 6) is 5.17. The van der Waals surface area contributed by atoms with Gasteiger partial charge in [-0.2, -0.15) is 5.43 Å². The Bertz CT molecular complexity index is 982. The Labute approximate surface area is 162 Å². The monoisotopic (exact) mass is 374 g/mol. The first-order valence-corrected chi connectivity index (χ1v) is 9.02. The zero-order chi connectivity index (χ0) is 19.2. The van der Waals surface area contributed by atoms with E-state index in [0.29, 0.717) is 17.3 Å². The number of nitrogens with one attached hydrogen (secondary N) is 2. The molecule has 0 radical (unpaired) electrons. The Morgan fingerprint density at radius 3 is 2.82 bits per heavy atom. The quantitative estimate of drug-likeness (QED) is 0.524. The molecule has 4 rings (SSSR count). The van der Waals surface area contributed by atoms with Gasteiger partial charge in [0.1, 0.15) is 6.20 Å². The maximum atomic E-state index is 12.2. The van der Waals surface area contributed by atoms with Crippen LogP contribution < -0.4 is 16.1 Å². The number of anilines is 1. The fourth-order valence-electron chi connectivity index (χ4n) is 2.80. The van der Waals surface area contributed by atoms with Crippen molar-refractivity contribution in [2.24, 2.45) is 5.10 Å². The van der Waals surface area contributed by atoms with Gasteiger partial charge in [-0.3, -0.25) is 9.78 Å². The number of carbonyl (C=O) groups is 1. The van der Waals surface area contributed by atoms with Crippen LogP contribution in [0.1, 0.15) is 16.7 Å². The molecule has 0 atom stereocenters. The standard InChI is InChI=1S/C21H19N5O2/c27-21(6-3-16-10-22-8-7-20(16)17-11-24-25-12-17)26-18-4-1-15(2-5-18)9-23-19-13-28-14-19/h1-2,4-5,7-8,10-12,19,23H,9,13-14H2,(H,24,25)(H,26,27)/p+1. The number of allylic oxidation sites excluding steroid dienone is 1. The Morgan fingerprint density at radius 1 is 1.25 bits per heavy atom. The highest BCUT2D eigenvalue weighted by atomic mass is 16.5. The highest BCUT2D eigenvalue weighted by molar-refractivity contribution is 6.11. The van der Waals surface area contributed by atoms with Crippen molar-refractivity contribution in [3.05, 3.63) is 65.6 Å². The first kappa shape index (κ1) is 18.1. The first-order valence-electron chi connectivity index (χ1n) is 9.02. The van der Waals surface area contributed by atoms with Crippen molar-refractivity contribution in [1.29, 1.82) is 0 Å². The van der Waals surface area contributed by atoms with Gasteiger partial charge in [-0.05, 0) is 23.8 Å². The fraction of sp³-hybridized carbons (Fsp3) is 0.190. The smallest absolute Gasteiger partial charge is 0.300 e. The van der Waals surface area contributed by atoms with Gasteiger partial charge in [0, 0.05) is 36.1 Å². The number of aromatic nitrogens is 1. The maximum absolute atomic E-state index is 12.2. The van der Waals surface area contributed by atoms with Crippen LogP contribution in [0.4, 0.5) is 5.69 Å². The van der Waals surface area contributed by atoms with E-state index in [-0.39, 0.29) is 5.91 Å². The van der Waals surface area contributed by atoms with Crippen molar-refractivity contribution >= 4 is 23.4 Å². The van der Waals surface area contributed by atoms with E-state index in [9.17, 15) is 4.79 Å². The molecule has 0 bridgehead atoms. The molecule has 0 spiro atoms. The van der Waals surface area contributed by atoms with E-state index in [2.05, 4.69) is 32.6 Å². The molecule has 1 aromatic carbocycles. The number of hydrogen-bond acceptors (Lipinski definition) is 5. The van der Waals surface area contributed by atoms with Gasteiger partial charge in [0.25, 0.3) is 0 Å². The van der Waals surface area contributed by atoms with Crippen molar-refractivity contribution < 1.29 is 15.0 Å². The third-order valence-electron chi connectivity index (χ3n) is 4.44. The Hall–Kier alpha value is -3.31. The average Bonchev–Trinajstić information content (AvgIpc) is 3.21. The molecule has 0 saturated carbocycles. The van der Waals surface area contributed by atoms with E-state index in [1.807, 2.05) is 36.5 Å². The molecular formula is C21H20N5O2+. The number of pyridine rings is 1. The lowest BCUT2D eigenvalue weighted by Gasteiger charge is -2.27. The second-order valence-electron chi connectivity index (χ2n) is 6.49. The van der Waals surface area contributed by atoms with Gasteiger partial charge in [0.2, 0.25) is 0 Å². The molecule has 2 aromatic rings. The van der Waals surface area contributed by atoms with Crippen LogP contribution in [0.2, 0.25) is 0 Å². The number of nitrogens with two attached hydrogens (primary N) is 1. The summed E-state index contributed by atoms with van der Waals surface area (Å²) >= 11 is 0. The number of quaternary nitrogens is 1. The van der Waals surface area contributed by atoms with Crippen molar-refractivity contribution in [2.45, 2.75) is 12.6 Å². The van der Waals surface area contributed by atoms with Gasteiger partial charge in [-0.1, -0.05) is 23.2 Å². The van der Waals surface area contributed by atoms with Gasteiger partial charge in [-0.25, -0.2) is 0 Å². The lowest BCUT2D eigenvalue weighted by atomic mass is 10.0. The number of nitrogens with zero attached hydrogens (tertiary/aromatic N) is 2. The van der Waals surface area contributed by atoms with Crippen LogP contribution >= 0.6 is 0 Å². The van der Waals surface area contributed by atoms with Crippen molar-refractivity contribution in [1.82, 2.24) is 10.3 Å². The molecule has 0 aliphatic carbocycles. The predicted octanol–water partition coefficient (Wildman–Crippen LogP) is 0.464. The van der Waals surface area contributed by atoms with E-state index in [1.165, 1.54) is 0 Å². The SMILES string of the molecule is O=C(C#Cc1cnccc1C1=C[NH2+]N=C1)Nc1ccc(CNC2COC2)cc1. The zero-order valence-corrected chi connectivity index (χ0v) is 15.2. The van der Waals surface area contributed by atoms with Gasteiger partial charge in [-0.15, -0.1) is 0 Å². The number of hydrogen-bond donors (Lipinski definition) is 3. The summed E-state index contributed by atoms with van der Waals surface area (Å²) in [6.45, 7) is 2.32. The summed E-state index contributed by atoms with van der Waals surface area (Å²) in [6.07, 6.45) is 7.00. The molecule has 7 nitrogen and oxygen atoms in total. The number of rotatable bonds is 5. The summed E-state index contributed by atoms with van der Waals surface area (Å²) in [7, 11) is 0. The third-order valence-corrected chi connectivity index (χ3v) is 4.44. The summed E-state index contributed by atoms with van der Waals surface area (Å²) in [6, 6.07) is 10.0. The number of benzene rings is 1. The van der Waals surface area contributed by atoms with Gasteiger partial charge < -0.3 is 15.4 Å². The van der Waals surface area contributed by atoms with E-state index < -0.39 is 0 Å². The number of ether oxygens (including phenoxy) is 1. The number of carbonyl (C=O) groups excluding carboxylic acids is 1. The van der Waals surface area contributed by atoms with Crippen LogP contribution in [0.25, 0.3) is 5.57 Å². The van der Waals surface area contributed by atoms with Crippen molar-refractivity contribution in [2.75, 3.05) is 18.5 Å². The van der Waals surface area contributed by atoms with Gasteiger partial charge >= 0.3 is 5.91 Å². The summed E-state index contributed by atoms with van der Waals surface area (Å²) in [5, 5.41) is 10.3. The lowest BCUT2D eigenvalue weighted by Crippen LogP contribution is -2.69. The highest BCUT2D eigenvalue weighted by Crippen LogP contribution is 2.16. The van der Waals surface area contributed by atoms with Crippen LogP contribution in [-0.2, 0) is 16.1 Å². The maximum Gasteiger partial charge on any atom is 0.300 e. The molecule has 140 valence electrons. The topological polar surface area (TPSA) is 92.2 Å². The fourth-order valence-corrected chi connectivity index (χ4v) is 2.80. The van der Waals surface area contributed by atoms with Crippen LogP contribution in [0.5, 0.6) is 0 Å².